The second-order valence-electron chi connectivity index (χ2n) is 5.77. The van der Waals surface area contributed by atoms with E-state index in [2.05, 4.69) is 28.4 Å². The number of ether oxygens (including phenoxy) is 1. The number of hydrogen-bond acceptors (Lipinski definition) is 4. The van der Waals surface area contributed by atoms with Crippen LogP contribution in [0.25, 0.3) is 11.1 Å². The summed E-state index contributed by atoms with van der Waals surface area (Å²) in [7, 11) is 1.66. The third-order valence-corrected chi connectivity index (χ3v) is 4.80. The maximum absolute atomic E-state index is 5.95. The van der Waals surface area contributed by atoms with Gasteiger partial charge in [-0.2, -0.15) is 5.10 Å². The van der Waals surface area contributed by atoms with Crippen LogP contribution in [-0.4, -0.2) is 18.5 Å². The summed E-state index contributed by atoms with van der Waals surface area (Å²) >= 11 is 1.47. The molecule has 0 radical (unpaired) electrons. The molecule has 0 aliphatic rings. The maximum atomic E-state index is 5.95. The lowest BCUT2D eigenvalue weighted by Crippen LogP contribution is -2.06. The quantitative estimate of drug-likeness (QED) is 0.377. The molecule has 0 unspecified atom stereocenters. The zero-order valence-corrected chi connectivity index (χ0v) is 15.9. The Labute approximate surface area is 163 Å². The Bertz CT molecular complexity index is 922. The Morgan fingerprint density at radius 2 is 1.67 bits per heavy atom. The van der Waals surface area contributed by atoms with Crippen LogP contribution in [0, 0.1) is 0 Å². The first kappa shape index (κ1) is 18.7. The molecule has 2 N–H and O–H groups in total. The molecule has 0 saturated heterocycles. The third-order valence-electron chi connectivity index (χ3n) is 3.94. The smallest absolute Gasteiger partial charge is 0.180 e. The lowest BCUT2D eigenvalue weighted by Gasteiger charge is -2.06. The van der Waals surface area contributed by atoms with Crippen LogP contribution in [0.2, 0.25) is 0 Å². The summed E-state index contributed by atoms with van der Waals surface area (Å²) in [5, 5.41) is 8.71. The second-order valence-corrected chi connectivity index (χ2v) is 6.77. The molecule has 0 heterocycles. The van der Waals surface area contributed by atoms with Crippen LogP contribution in [0.1, 0.15) is 11.1 Å². The van der Waals surface area contributed by atoms with E-state index in [1.165, 1.54) is 17.3 Å². The van der Waals surface area contributed by atoms with E-state index >= 15 is 0 Å². The van der Waals surface area contributed by atoms with Gasteiger partial charge in [-0.15, -0.1) is 5.10 Å². The molecule has 136 valence electrons. The van der Waals surface area contributed by atoms with Crippen molar-refractivity contribution in [2.45, 2.75) is 5.75 Å². The number of hydrogen-bond donors (Lipinski definition) is 1. The van der Waals surface area contributed by atoms with Crippen LogP contribution >= 0.6 is 11.8 Å². The molecule has 0 aliphatic heterocycles. The molecular formula is C22H21N3OS. The first-order valence-corrected chi connectivity index (χ1v) is 9.51. The van der Waals surface area contributed by atoms with Crippen molar-refractivity contribution < 1.29 is 4.74 Å². The van der Waals surface area contributed by atoms with Gasteiger partial charge in [0.25, 0.3) is 0 Å². The number of methoxy groups -OCH3 is 1. The van der Waals surface area contributed by atoms with Gasteiger partial charge in [0.15, 0.2) is 5.17 Å². The van der Waals surface area contributed by atoms with Crippen molar-refractivity contribution in [3.05, 3.63) is 90.0 Å². The molecule has 3 aromatic rings. The third kappa shape index (κ3) is 5.46. The molecule has 0 bridgehead atoms. The van der Waals surface area contributed by atoms with Crippen LogP contribution in [0.15, 0.2) is 89.1 Å². The first-order valence-electron chi connectivity index (χ1n) is 8.53. The minimum atomic E-state index is 0.442. The summed E-state index contributed by atoms with van der Waals surface area (Å²) in [4.78, 5) is 0. The van der Waals surface area contributed by atoms with Gasteiger partial charge in [-0.05, 0) is 28.8 Å². The number of thioether (sulfide) groups is 1. The topological polar surface area (TPSA) is 60.0 Å². The minimum absolute atomic E-state index is 0.442. The zero-order chi connectivity index (χ0) is 18.9. The van der Waals surface area contributed by atoms with Crippen molar-refractivity contribution in [1.29, 1.82) is 0 Å². The van der Waals surface area contributed by atoms with E-state index in [0.29, 0.717) is 5.17 Å². The van der Waals surface area contributed by atoms with E-state index in [4.69, 9.17) is 10.5 Å². The van der Waals surface area contributed by atoms with E-state index in [9.17, 15) is 0 Å². The molecule has 0 fully saturated rings. The SMILES string of the molecule is COc1ccc(-c2ccccc2C=NN=C(N)SCc2ccccc2)cc1. The van der Waals surface area contributed by atoms with Gasteiger partial charge in [0, 0.05) is 11.3 Å². The van der Waals surface area contributed by atoms with Gasteiger partial charge in [-0.3, -0.25) is 0 Å². The summed E-state index contributed by atoms with van der Waals surface area (Å²) in [6.07, 6.45) is 1.73. The molecule has 4 nitrogen and oxygen atoms in total. The minimum Gasteiger partial charge on any atom is -0.497 e. The summed E-state index contributed by atoms with van der Waals surface area (Å²) in [6.45, 7) is 0. The van der Waals surface area contributed by atoms with Crippen LogP contribution in [0.5, 0.6) is 5.75 Å². The highest BCUT2D eigenvalue weighted by molar-refractivity contribution is 8.13. The number of benzene rings is 3. The summed E-state index contributed by atoms with van der Waals surface area (Å²) in [6, 6.07) is 26.1. The van der Waals surface area contributed by atoms with Crippen molar-refractivity contribution in [2.24, 2.45) is 15.9 Å². The average molecular weight is 375 g/mol. The molecule has 3 aromatic carbocycles. The summed E-state index contributed by atoms with van der Waals surface area (Å²) < 4.78 is 5.22. The number of rotatable bonds is 6. The Morgan fingerprint density at radius 1 is 0.963 bits per heavy atom. The van der Waals surface area contributed by atoms with Crippen molar-refractivity contribution >= 4 is 23.1 Å². The van der Waals surface area contributed by atoms with Crippen LogP contribution in [0.4, 0.5) is 0 Å². The van der Waals surface area contributed by atoms with E-state index < -0.39 is 0 Å². The number of amidine groups is 1. The molecule has 0 amide bonds. The molecule has 0 saturated carbocycles. The summed E-state index contributed by atoms with van der Waals surface area (Å²) in [5.74, 6) is 1.60. The van der Waals surface area contributed by atoms with Crippen molar-refractivity contribution in [3.8, 4) is 16.9 Å². The zero-order valence-electron chi connectivity index (χ0n) is 15.1. The molecule has 0 aromatic heterocycles. The van der Waals surface area contributed by atoms with Gasteiger partial charge in [-0.1, -0.05) is 78.5 Å². The highest BCUT2D eigenvalue weighted by Gasteiger charge is 2.03. The fraction of sp³-hybridized carbons (Fsp3) is 0.0909. The van der Waals surface area contributed by atoms with Crippen molar-refractivity contribution in [1.82, 2.24) is 0 Å². The molecular weight excluding hydrogens is 354 g/mol. The Balaban J connectivity index is 1.69. The standard InChI is InChI=1S/C22H21N3OS/c1-26-20-13-11-18(12-14-20)21-10-6-5-9-19(21)15-24-25-22(23)27-16-17-7-3-2-4-8-17/h2-15H,16H2,1H3,(H2,23,25). The van der Waals surface area contributed by atoms with Gasteiger partial charge in [0.1, 0.15) is 5.75 Å². The van der Waals surface area contributed by atoms with Gasteiger partial charge in [0.2, 0.25) is 0 Å². The lowest BCUT2D eigenvalue weighted by molar-refractivity contribution is 0.415. The Morgan fingerprint density at radius 3 is 2.41 bits per heavy atom. The van der Waals surface area contributed by atoms with E-state index in [-0.39, 0.29) is 0 Å². The molecule has 0 spiro atoms. The van der Waals surface area contributed by atoms with Crippen LogP contribution in [-0.2, 0) is 5.75 Å². The Hall–Kier alpha value is -3.05. The van der Waals surface area contributed by atoms with Gasteiger partial charge >= 0.3 is 0 Å². The van der Waals surface area contributed by atoms with Crippen LogP contribution in [0.3, 0.4) is 0 Å². The maximum Gasteiger partial charge on any atom is 0.180 e. The van der Waals surface area contributed by atoms with Gasteiger partial charge in [-0.25, -0.2) is 0 Å². The molecule has 0 atom stereocenters. The monoisotopic (exact) mass is 375 g/mol. The highest BCUT2D eigenvalue weighted by Crippen LogP contribution is 2.25. The van der Waals surface area contributed by atoms with E-state index in [1.807, 2.05) is 60.7 Å². The number of nitrogens with zero attached hydrogens (tertiary/aromatic N) is 2. The second kappa shape index (κ2) is 9.59. The van der Waals surface area contributed by atoms with Crippen LogP contribution < -0.4 is 10.5 Å². The molecule has 0 aliphatic carbocycles. The predicted molar refractivity (Wildman–Crippen MR) is 115 cm³/mol. The normalized spacial score (nSPS) is 11.7. The molecule has 3 rings (SSSR count). The molecule has 27 heavy (non-hydrogen) atoms. The largest absolute Gasteiger partial charge is 0.497 e. The average Bonchev–Trinajstić information content (AvgIpc) is 2.73. The van der Waals surface area contributed by atoms with Gasteiger partial charge < -0.3 is 10.5 Å². The molecule has 5 heteroatoms. The fourth-order valence-electron chi connectivity index (χ4n) is 2.55. The van der Waals surface area contributed by atoms with Gasteiger partial charge in [0.05, 0.1) is 13.3 Å². The van der Waals surface area contributed by atoms with Crippen molar-refractivity contribution in [3.63, 3.8) is 0 Å². The number of nitrogens with two attached hydrogens (primary N) is 1. The predicted octanol–water partition coefficient (Wildman–Crippen LogP) is 4.94. The first-order chi connectivity index (χ1) is 13.3. The summed E-state index contributed by atoms with van der Waals surface area (Å²) in [5.41, 5.74) is 10.3. The van der Waals surface area contributed by atoms with E-state index in [0.717, 1.165) is 28.2 Å². The van der Waals surface area contributed by atoms with Crippen molar-refractivity contribution in [2.75, 3.05) is 7.11 Å². The fourth-order valence-corrected chi connectivity index (χ4v) is 3.16. The highest BCUT2D eigenvalue weighted by atomic mass is 32.2. The van der Waals surface area contributed by atoms with E-state index in [1.54, 1.807) is 13.3 Å². The lowest BCUT2D eigenvalue weighted by atomic mass is 10.0. The Kier molecular flexibility index (Phi) is 6.66.